The molecule has 1 heteroatoms. The molecule has 0 aromatic heterocycles. The van der Waals surface area contributed by atoms with Crippen LogP contribution in [0.2, 0.25) is 0 Å². The molecule has 0 aliphatic heterocycles. The first-order valence-electron chi connectivity index (χ1n) is 3.49. The Hall–Kier alpha value is -0.980. The first-order valence-corrected chi connectivity index (χ1v) is 3.49. The van der Waals surface area contributed by atoms with Crippen LogP contribution in [-0.2, 0) is 0 Å². The Bertz CT molecular complexity index is 228. The average Bonchev–Trinajstić information content (AvgIpc) is 1.95. The van der Waals surface area contributed by atoms with Crippen LogP contribution in [0.3, 0.4) is 0 Å². The van der Waals surface area contributed by atoms with Gasteiger partial charge >= 0.3 is 0 Å². The van der Waals surface area contributed by atoms with Gasteiger partial charge in [-0.15, -0.1) is 0 Å². The molecule has 0 aliphatic rings. The minimum absolute atomic E-state index is 1.18. The fraction of sp³-hybridized carbons (Fsp3) is 0.333. The van der Waals surface area contributed by atoms with Gasteiger partial charge in [0, 0.05) is 12.7 Å². The molecule has 1 N–H and O–H groups in total. The van der Waals surface area contributed by atoms with Crippen molar-refractivity contribution < 1.29 is 0 Å². The molecule has 0 heterocycles. The minimum Gasteiger partial charge on any atom is -0.388 e. The molecule has 1 rings (SSSR count). The molecule has 10 heavy (non-hydrogen) atoms. The Labute approximate surface area is 62.1 Å². The van der Waals surface area contributed by atoms with Gasteiger partial charge in [0.15, 0.2) is 0 Å². The maximum absolute atomic E-state index is 3.10. The normalized spacial score (nSPS) is 9.50. The fourth-order valence-corrected chi connectivity index (χ4v) is 0.897. The average molecular weight is 135 g/mol. The summed E-state index contributed by atoms with van der Waals surface area (Å²) in [6, 6.07) is 6.36. The lowest BCUT2D eigenvalue weighted by molar-refractivity contribution is 1.33. The van der Waals surface area contributed by atoms with Crippen LogP contribution in [0.4, 0.5) is 5.69 Å². The molecule has 0 fully saturated rings. The number of rotatable bonds is 1. The SMILES string of the molecule is CNc1ccc(C)c(C)c1. The molecule has 0 bridgehead atoms. The highest BCUT2D eigenvalue weighted by atomic mass is 14.8. The first kappa shape index (κ1) is 7.13. The summed E-state index contributed by atoms with van der Waals surface area (Å²) in [6.07, 6.45) is 0. The standard InChI is InChI=1S/C9H13N/c1-7-4-5-9(10-3)6-8(7)2/h4-6,10H,1-3H3. The second-order valence-electron chi connectivity index (χ2n) is 2.55. The molecule has 0 unspecified atom stereocenters. The Morgan fingerprint density at radius 2 is 1.80 bits per heavy atom. The van der Waals surface area contributed by atoms with Crippen LogP contribution in [0.15, 0.2) is 18.2 Å². The van der Waals surface area contributed by atoms with Crippen molar-refractivity contribution in [3.63, 3.8) is 0 Å². The molecule has 1 aromatic carbocycles. The quantitative estimate of drug-likeness (QED) is 0.623. The summed E-state index contributed by atoms with van der Waals surface area (Å²) in [7, 11) is 1.93. The maximum atomic E-state index is 3.10. The number of anilines is 1. The lowest BCUT2D eigenvalue weighted by Gasteiger charge is -2.02. The zero-order valence-electron chi connectivity index (χ0n) is 6.73. The molecule has 0 spiro atoms. The number of hydrogen-bond acceptors (Lipinski definition) is 1. The minimum atomic E-state index is 1.18. The van der Waals surface area contributed by atoms with E-state index in [1.807, 2.05) is 7.05 Å². The molecule has 0 atom stereocenters. The summed E-state index contributed by atoms with van der Waals surface area (Å²) in [4.78, 5) is 0. The third-order valence-corrected chi connectivity index (χ3v) is 1.80. The zero-order chi connectivity index (χ0) is 7.56. The second kappa shape index (κ2) is 2.74. The largest absolute Gasteiger partial charge is 0.388 e. The van der Waals surface area contributed by atoms with Gasteiger partial charge in [0.05, 0.1) is 0 Å². The van der Waals surface area contributed by atoms with E-state index < -0.39 is 0 Å². The Kier molecular flexibility index (Phi) is 1.95. The van der Waals surface area contributed by atoms with Crippen LogP contribution in [0.25, 0.3) is 0 Å². The van der Waals surface area contributed by atoms with Crippen molar-refractivity contribution in [2.24, 2.45) is 0 Å². The van der Waals surface area contributed by atoms with Crippen molar-refractivity contribution in [3.05, 3.63) is 29.3 Å². The molecule has 0 radical (unpaired) electrons. The van der Waals surface area contributed by atoms with E-state index in [4.69, 9.17) is 0 Å². The van der Waals surface area contributed by atoms with E-state index in [-0.39, 0.29) is 0 Å². The molecular weight excluding hydrogens is 122 g/mol. The Balaban J connectivity index is 3.04. The highest BCUT2D eigenvalue weighted by Gasteiger charge is 1.91. The molecule has 0 saturated carbocycles. The van der Waals surface area contributed by atoms with E-state index in [1.54, 1.807) is 0 Å². The van der Waals surface area contributed by atoms with Crippen molar-refractivity contribution in [1.29, 1.82) is 0 Å². The predicted molar refractivity (Wildman–Crippen MR) is 45.5 cm³/mol. The van der Waals surface area contributed by atoms with Crippen molar-refractivity contribution in [2.75, 3.05) is 12.4 Å². The van der Waals surface area contributed by atoms with Crippen molar-refractivity contribution >= 4 is 5.69 Å². The molecule has 0 amide bonds. The van der Waals surface area contributed by atoms with Crippen molar-refractivity contribution in [3.8, 4) is 0 Å². The number of hydrogen-bond donors (Lipinski definition) is 1. The summed E-state index contributed by atoms with van der Waals surface area (Å²) in [5.41, 5.74) is 3.87. The predicted octanol–water partition coefficient (Wildman–Crippen LogP) is 2.35. The van der Waals surface area contributed by atoms with E-state index >= 15 is 0 Å². The van der Waals surface area contributed by atoms with Gasteiger partial charge < -0.3 is 5.32 Å². The molecule has 1 nitrogen and oxygen atoms in total. The molecule has 54 valence electrons. The smallest absolute Gasteiger partial charge is 0.0340 e. The number of benzene rings is 1. The van der Waals surface area contributed by atoms with Crippen LogP contribution in [0.1, 0.15) is 11.1 Å². The summed E-state index contributed by atoms with van der Waals surface area (Å²) in [6.45, 7) is 4.24. The second-order valence-corrected chi connectivity index (χ2v) is 2.55. The molecular formula is C9H13N. The molecule has 1 aromatic rings. The third kappa shape index (κ3) is 1.29. The van der Waals surface area contributed by atoms with E-state index in [1.165, 1.54) is 16.8 Å². The topological polar surface area (TPSA) is 12.0 Å². The Morgan fingerprint density at radius 3 is 2.30 bits per heavy atom. The van der Waals surface area contributed by atoms with Gasteiger partial charge in [-0.2, -0.15) is 0 Å². The first-order chi connectivity index (χ1) is 4.74. The summed E-state index contributed by atoms with van der Waals surface area (Å²) < 4.78 is 0. The van der Waals surface area contributed by atoms with Gasteiger partial charge in [0.25, 0.3) is 0 Å². The van der Waals surface area contributed by atoms with Gasteiger partial charge in [0.2, 0.25) is 0 Å². The molecule has 0 saturated heterocycles. The highest BCUT2D eigenvalue weighted by molar-refractivity contribution is 5.47. The van der Waals surface area contributed by atoms with E-state index in [9.17, 15) is 0 Å². The lowest BCUT2D eigenvalue weighted by Crippen LogP contribution is -1.89. The van der Waals surface area contributed by atoms with E-state index in [2.05, 4.69) is 37.4 Å². The zero-order valence-corrected chi connectivity index (χ0v) is 6.73. The lowest BCUT2D eigenvalue weighted by atomic mass is 10.1. The van der Waals surface area contributed by atoms with E-state index in [0.29, 0.717) is 0 Å². The van der Waals surface area contributed by atoms with Crippen molar-refractivity contribution in [2.45, 2.75) is 13.8 Å². The van der Waals surface area contributed by atoms with Gasteiger partial charge in [-0.05, 0) is 37.1 Å². The van der Waals surface area contributed by atoms with Crippen LogP contribution in [0, 0.1) is 13.8 Å². The summed E-state index contributed by atoms with van der Waals surface area (Å²) >= 11 is 0. The van der Waals surface area contributed by atoms with Gasteiger partial charge in [0.1, 0.15) is 0 Å². The monoisotopic (exact) mass is 135 g/mol. The molecule has 0 aliphatic carbocycles. The summed E-state index contributed by atoms with van der Waals surface area (Å²) in [5.74, 6) is 0. The number of aryl methyl sites for hydroxylation is 2. The van der Waals surface area contributed by atoms with Gasteiger partial charge in [-0.25, -0.2) is 0 Å². The van der Waals surface area contributed by atoms with Crippen LogP contribution < -0.4 is 5.32 Å². The van der Waals surface area contributed by atoms with E-state index in [0.717, 1.165) is 0 Å². The van der Waals surface area contributed by atoms with Crippen molar-refractivity contribution in [1.82, 2.24) is 0 Å². The number of nitrogens with one attached hydrogen (secondary N) is 1. The van der Waals surface area contributed by atoms with Crippen LogP contribution in [0.5, 0.6) is 0 Å². The Morgan fingerprint density at radius 1 is 1.10 bits per heavy atom. The highest BCUT2D eigenvalue weighted by Crippen LogP contribution is 2.12. The van der Waals surface area contributed by atoms with Gasteiger partial charge in [-0.3, -0.25) is 0 Å². The third-order valence-electron chi connectivity index (χ3n) is 1.80. The summed E-state index contributed by atoms with van der Waals surface area (Å²) in [5, 5.41) is 3.10. The maximum Gasteiger partial charge on any atom is 0.0340 e. The van der Waals surface area contributed by atoms with Gasteiger partial charge in [-0.1, -0.05) is 6.07 Å². The fourth-order valence-electron chi connectivity index (χ4n) is 0.897. The van der Waals surface area contributed by atoms with Crippen LogP contribution in [-0.4, -0.2) is 7.05 Å². The van der Waals surface area contributed by atoms with Crippen LogP contribution >= 0.6 is 0 Å².